The minimum atomic E-state index is -4.18. The highest BCUT2D eigenvalue weighted by Crippen LogP contribution is 2.45. The second-order valence-electron chi connectivity index (χ2n) is 6.84. The lowest BCUT2D eigenvalue weighted by atomic mass is 10.2. The molecule has 0 bridgehead atoms. The van der Waals surface area contributed by atoms with E-state index in [9.17, 15) is 24.1 Å². The van der Waals surface area contributed by atoms with Crippen molar-refractivity contribution in [2.75, 3.05) is 6.61 Å². The Morgan fingerprint density at radius 1 is 1.35 bits per heavy atom. The van der Waals surface area contributed by atoms with E-state index in [0.717, 1.165) is 10.6 Å². The first kappa shape index (κ1) is 22.9. The number of carboxylic acid groups (broad SMARTS) is 1. The number of para-hydroxylation sites is 1. The molecule has 1 aliphatic rings. The molecule has 0 saturated carbocycles. The highest BCUT2D eigenvalue weighted by molar-refractivity contribution is 7.52. The Balaban J connectivity index is 1.71. The molecule has 31 heavy (non-hydrogen) atoms. The SMILES string of the molecule is C[C@H](NP(=O)(OC[C@H]1O[C@@H](n2ccc(=O)[nH]c2=O)C[C@@H]1O)Oc1ccccc1)C(=O)O. The van der Waals surface area contributed by atoms with Crippen molar-refractivity contribution in [2.24, 2.45) is 0 Å². The number of benzene rings is 1. The highest BCUT2D eigenvalue weighted by atomic mass is 31.2. The fourth-order valence-electron chi connectivity index (χ4n) is 2.86. The van der Waals surface area contributed by atoms with Gasteiger partial charge in [0, 0.05) is 18.7 Å². The number of hydrogen-bond donors (Lipinski definition) is 4. The number of aromatic amines is 1. The van der Waals surface area contributed by atoms with E-state index in [1.807, 2.05) is 0 Å². The topological polar surface area (TPSA) is 169 Å². The first-order chi connectivity index (χ1) is 14.7. The van der Waals surface area contributed by atoms with E-state index < -0.39 is 56.0 Å². The van der Waals surface area contributed by atoms with Gasteiger partial charge in [0.2, 0.25) is 0 Å². The third-order valence-electron chi connectivity index (χ3n) is 4.47. The summed E-state index contributed by atoms with van der Waals surface area (Å²) in [4.78, 5) is 36.4. The summed E-state index contributed by atoms with van der Waals surface area (Å²) in [5.41, 5.74) is -1.28. The molecule has 0 amide bonds. The van der Waals surface area contributed by atoms with Crippen LogP contribution in [0.5, 0.6) is 5.75 Å². The number of ether oxygens (including phenoxy) is 1. The molecule has 2 heterocycles. The van der Waals surface area contributed by atoms with E-state index in [4.69, 9.17) is 18.9 Å². The third kappa shape index (κ3) is 5.90. The fraction of sp³-hybridized carbons (Fsp3) is 0.389. The van der Waals surface area contributed by atoms with Gasteiger partial charge in [-0.2, -0.15) is 5.09 Å². The molecule has 1 unspecified atom stereocenters. The Morgan fingerprint density at radius 3 is 2.71 bits per heavy atom. The Morgan fingerprint density at radius 2 is 2.06 bits per heavy atom. The molecule has 0 aliphatic carbocycles. The van der Waals surface area contributed by atoms with Crippen molar-refractivity contribution in [1.82, 2.24) is 14.6 Å². The monoisotopic (exact) mass is 455 g/mol. The van der Waals surface area contributed by atoms with Gasteiger partial charge in [-0.25, -0.2) is 9.36 Å². The lowest BCUT2D eigenvalue weighted by molar-refractivity contribution is -0.138. The second-order valence-corrected chi connectivity index (χ2v) is 8.53. The van der Waals surface area contributed by atoms with Crippen molar-refractivity contribution in [2.45, 2.75) is 37.8 Å². The molecule has 1 saturated heterocycles. The maximum atomic E-state index is 13.2. The number of aliphatic hydroxyl groups is 1. The van der Waals surface area contributed by atoms with E-state index in [-0.39, 0.29) is 12.2 Å². The fourth-order valence-corrected chi connectivity index (χ4v) is 4.37. The van der Waals surface area contributed by atoms with Crippen molar-refractivity contribution in [3.63, 3.8) is 0 Å². The van der Waals surface area contributed by atoms with Crippen LogP contribution < -0.4 is 20.9 Å². The molecule has 1 aliphatic heterocycles. The maximum Gasteiger partial charge on any atom is 0.459 e. The number of aromatic nitrogens is 2. The zero-order chi connectivity index (χ0) is 22.6. The summed E-state index contributed by atoms with van der Waals surface area (Å²) in [6.07, 6.45) is -1.69. The average Bonchev–Trinajstić information content (AvgIpc) is 3.07. The summed E-state index contributed by atoms with van der Waals surface area (Å²) in [5.74, 6) is -1.09. The lowest BCUT2D eigenvalue weighted by Crippen LogP contribution is -2.35. The predicted molar refractivity (Wildman–Crippen MR) is 107 cm³/mol. The molecule has 1 aromatic carbocycles. The molecule has 2 aromatic rings. The highest BCUT2D eigenvalue weighted by Gasteiger charge is 2.39. The third-order valence-corrected chi connectivity index (χ3v) is 6.11. The van der Waals surface area contributed by atoms with Gasteiger partial charge in [0.15, 0.2) is 0 Å². The minimum Gasteiger partial charge on any atom is -0.480 e. The normalized spacial score (nSPS) is 23.7. The van der Waals surface area contributed by atoms with Gasteiger partial charge in [-0.1, -0.05) is 18.2 Å². The summed E-state index contributed by atoms with van der Waals surface area (Å²) < 4.78 is 30.6. The van der Waals surface area contributed by atoms with Gasteiger partial charge in [0.25, 0.3) is 5.56 Å². The van der Waals surface area contributed by atoms with Crippen molar-refractivity contribution in [3.8, 4) is 5.75 Å². The number of H-pyrrole nitrogens is 1. The summed E-state index contributed by atoms with van der Waals surface area (Å²) in [5, 5.41) is 21.7. The van der Waals surface area contributed by atoms with Crippen LogP contribution in [0.3, 0.4) is 0 Å². The number of carboxylic acids is 1. The van der Waals surface area contributed by atoms with Crippen molar-refractivity contribution in [1.29, 1.82) is 0 Å². The number of carbonyl (C=O) groups is 1. The van der Waals surface area contributed by atoms with Crippen LogP contribution in [0.2, 0.25) is 0 Å². The van der Waals surface area contributed by atoms with Crippen molar-refractivity contribution in [3.05, 3.63) is 63.4 Å². The van der Waals surface area contributed by atoms with Gasteiger partial charge in [-0.05, 0) is 19.1 Å². The number of nitrogens with zero attached hydrogens (tertiary/aromatic N) is 1. The molecule has 3 rings (SSSR count). The number of aliphatic carboxylic acids is 1. The van der Waals surface area contributed by atoms with E-state index in [0.29, 0.717) is 0 Å². The van der Waals surface area contributed by atoms with Crippen LogP contribution in [0, 0.1) is 0 Å². The zero-order valence-electron chi connectivity index (χ0n) is 16.4. The van der Waals surface area contributed by atoms with Crippen LogP contribution in [-0.4, -0.2) is 50.6 Å². The van der Waals surface area contributed by atoms with Gasteiger partial charge in [-0.15, -0.1) is 0 Å². The Labute approximate surface area is 176 Å². The lowest BCUT2D eigenvalue weighted by Gasteiger charge is -2.24. The first-order valence-electron chi connectivity index (χ1n) is 9.32. The number of nitrogens with one attached hydrogen (secondary N) is 2. The number of rotatable bonds is 9. The number of aliphatic hydroxyl groups excluding tert-OH is 1. The molecule has 5 atom stereocenters. The standard InChI is InChI=1S/C18H22N3O9P/c1-11(17(24)25)20-31(27,30-12-5-3-2-4-6-12)28-10-14-13(22)9-16(29-14)21-8-7-15(23)19-18(21)26/h2-8,11,13-14,16,22H,9-10H2,1H3,(H,20,27)(H,24,25)(H,19,23,26)/t11-,13-,14+,16+,31?/m0/s1. The van der Waals surface area contributed by atoms with Crippen LogP contribution in [0.15, 0.2) is 52.2 Å². The Kier molecular flexibility index (Phi) is 7.08. The van der Waals surface area contributed by atoms with E-state index in [2.05, 4.69) is 10.1 Å². The zero-order valence-corrected chi connectivity index (χ0v) is 17.3. The summed E-state index contributed by atoms with van der Waals surface area (Å²) in [6, 6.07) is 7.91. The largest absolute Gasteiger partial charge is 0.480 e. The smallest absolute Gasteiger partial charge is 0.459 e. The van der Waals surface area contributed by atoms with Crippen LogP contribution in [0.1, 0.15) is 19.6 Å². The second kappa shape index (κ2) is 9.58. The summed E-state index contributed by atoms with van der Waals surface area (Å²) in [7, 11) is -4.18. The maximum absolute atomic E-state index is 13.2. The van der Waals surface area contributed by atoms with Gasteiger partial charge in [0.05, 0.1) is 12.7 Å². The van der Waals surface area contributed by atoms with Gasteiger partial charge < -0.3 is 19.5 Å². The van der Waals surface area contributed by atoms with Crippen molar-refractivity contribution < 1.29 is 33.4 Å². The predicted octanol–water partition coefficient (Wildman–Crippen LogP) is 0.451. The molecule has 4 N–H and O–H groups in total. The van der Waals surface area contributed by atoms with E-state index in [1.165, 1.54) is 25.3 Å². The first-order valence-corrected chi connectivity index (χ1v) is 10.9. The van der Waals surface area contributed by atoms with E-state index in [1.54, 1.807) is 18.2 Å². The van der Waals surface area contributed by atoms with Gasteiger partial charge in [0.1, 0.15) is 24.1 Å². The average molecular weight is 455 g/mol. The summed E-state index contributed by atoms with van der Waals surface area (Å²) in [6.45, 7) is 0.853. The van der Waals surface area contributed by atoms with Crippen molar-refractivity contribution >= 4 is 13.7 Å². The molecular formula is C18H22N3O9P. The molecule has 0 radical (unpaired) electrons. The molecule has 13 heteroatoms. The van der Waals surface area contributed by atoms with Crippen LogP contribution in [-0.2, 0) is 18.6 Å². The Hall–Kier alpha value is -2.76. The van der Waals surface area contributed by atoms with Crippen LogP contribution in [0.25, 0.3) is 0 Å². The summed E-state index contributed by atoms with van der Waals surface area (Å²) >= 11 is 0. The molecule has 168 valence electrons. The Bertz CT molecular complexity index is 1070. The van der Waals surface area contributed by atoms with Crippen LogP contribution >= 0.6 is 7.75 Å². The molecule has 12 nitrogen and oxygen atoms in total. The molecule has 0 spiro atoms. The molecule has 1 aromatic heterocycles. The molecule has 1 fully saturated rings. The number of hydrogen-bond acceptors (Lipinski definition) is 8. The molecular weight excluding hydrogens is 433 g/mol. The quantitative estimate of drug-likeness (QED) is 0.390. The van der Waals surface area contributed by atoms with Gasteiger partial charge in [-0.3, -0.25) is 23.7 Å². The van der Waals surface area contributed by atoms with E-state index >= 15 is 0 Å². The van der Waals surface area contributed by atoms with Crippen LogP contribution in [0.4, 0.5) is 0 Å². The van der Waals surface area contributed by atoms with Gasteiger partial charge >= 0.3 is 19.4 Å². The minimum absolute atomic E-state index is 0.0166.